The van der Waals surface area contributed by atoms with Crippen LogP contribution in [0.5, 0.6) is 0 Å². The molecule has 7 heteroatoms. The number of benzene rings is 1. The molecule has 1 aromatic carbocycles. The average molecular weight is 450 g/mol. The highest BCUT2D eigenvalue weighted by atomic mass is 32.1. The predicted molar refractivity (Wildman–Crippen MR) is 127 cm³/mol. The molecule has 1 aliphatic heterocycles. The first-order chi connectivity index (χ1) is 15.5. The van der Waals surface area contributed by atoms with E-state index in [0.717, 1.165) is 39.1 Å². The second kappa shape index (κ2) is 8.65. The van der Waals surface area contributed by atoms with Crippen molar-refractivity contribution in [1.29, 1.82) is 0 Å². The Morgan fingerprint density at radius 3 is 2.88 bits per heavy atom. The van der Waals surface area contributed by atoms with Crippen LogP contribution < -0.4 is 5.32 Å². The van der Waals surface area contributed by atoms with Gasteiger partial charge in [-0.3, -0.25) is 9.69 Å². The zero-order chi connectivity index (χ0) is 22.2. The smallest absolute Gasteiger partial charge is 0.262 e. The van der Waals surface area contributed by atoms with Gasteiger partial charge in [-0.2, -0.15) is 0 Å². The number of hydrogen-bond donors (Lipinski definition) is 1. The molecule has 1 aliphatic rings. The van der Waals surface area contributed by atoms with Gasteiger partial charge in [0.1, 0.15) is 21.1 Å². The van der Waals surface area contributed by atoms with Crippen molar-refractivity contribution in [3.8, 4) is 0 Å². The van der Waals surface area contributed by atoms with E-state index in [9.17, 15) is 4.79 Å². The second-order valence-corrected chi connectivity index (χ2v) is 9.57. The van der Waals surface area contributed by atoms with Gasteiger partial charge in [-0.15, -0.1) is 11.3 Å². The van der Waals surface area contributed by atoms with Gasteiger partial charge in [-0.25, -0.2) is 4.98 Å². The fraction of sp³-hybridized carbons (Fsp3) is 0.360. The van der Waals surface area contributed by atoms with Gasteiger partial charge in [-0.05, 0) is 38.5 Å². The van der Waals surface area contributed by atoms with Crippen LogP contribution in [0, 0.1) is 6.92 Å². The van der Waals surface area contributed by atoms with Crippen LogP contribution in [-0.2, 0) is 11.3 Å². The Kier molecular flexibility index (Phi) is 5.71. The number of hydrogen-bond acceptors (Lipinski definition) is 6. The number of aromatic nitrogens is 1. The lowest BCUT2D eigenvalue weighted by Crippen LogP contribution is -2.38. The van der Waals surface area contributed by atoms with Crippen molar-refractivity contribution < 1.29 is 13.9 Å². The van der Waals surface area contributed by atoms with E-state index in [0.29, 0.717) is 24.6 Å². The third kappa shape index (κ3) is 3.92. The molecule has 0 unspecified atom stereocenters. The van der Waals surface area contributed by atoms with E-state index in [2.05, 4.69) is 28.2 Å². The van der Waals surface area contributed by atoms with Crippen molar-refractivity contribution in [1.82, 2.24) is 15.2 Å². The maximum Gasteiger partial charge on any atom is 0.262 e. The first-order valence-electron chi connectivity index (χ1n) is 11.0. The summed E-state index contributed by atoms with van der Waals surface area (Å²) < 4.78 is 12.4. The van der Waals surface area contributed by atoms with Crippen molar-refractivity contribution in [2.75, 3.05) is 19.7 Å². The van der Waals surface area contributed by atoms with Gasteiger partial charge in [-0.1, -0.05) is 24.3 Å². The number of thiophene rings is 1. The summed E-state index contributed by atoms with van der Waals surface area (Å²) in [6.07, 6.45) is 1.57. The van der Waals surface area contributed by atoms with Crippen LogP contribution in [0.25, 0.3) is 21.2 Å². The van der Waals surface area contributed by atoms with E-state index in [1.54, 1.807) is 6.20 Å². The van der Waals surface area contributed by atoms with Crippen LogP contribution in [0.15, 0.2) is 47.0 Å². The minimum absolute atomic E-state index is 0.0631. The van der Waals surface area contributed by atoms with Crippen LogP contribution in [-0.4, -0.2) is 41.5 Å². The van der Waals surface area contributed by atoms with Crippen molar-refractivity contribution in [3.05, 3.63) is 64.4 Å². The largest absolute Gasteiger partial charge is 0.459 e. The maximum absolute atomic E-state index is 13.0. The molecule has 0 spiro atoms. The first kappa shape index (κ1) is 21.1. The van der Waals surface area contributed by atoms with Crippen LogP contribution in [0.1, 0.15) is 46.5 Å². The van der Waals surface area contributed by atoms with Crippen molar-refractivity contribution in [3.63, 3.8) is 0 Å². The number of aryl methyl sites for hydroxylation is 1. The van der Waals surface area contributed by atoms with E-state index < -0.39 is 0 Å². The van der Waals surface area contributed by atoms with E-state index in [-0.39, 0.29) is 18.1 Å². The third-order valence-electron chi connectivity index (χ3n) is 5.91. The topological polar surface area (TPSA) is 67.6 Å². The monoisotopic (exact) mass is 449 g/mol. The quantitative estimate of drug-likeness (QED) is 0.461. The summed E-state index contributed by atoms with van der Waals surface area (Å²) >= 11 is 1.44. The van der Waals surface area contributed by atoms with Gasteiger partial charge in [0.05, 0.1) is 19.3 Å². The van der Waals surface area contributed by atoms with Crippen LogP contribution in [0.3, 0.4) is 0 Å². The Hall–Kier alpha value is -2.74. The lowest BCUT2D eigenvalue weighted by molar-refractivity contribution is -0.0340. The Labute approximate surface area is 191 Å². The molecule has 1 amide bonds. The number of rotatable bonds is 5. The van der Waals surface area contributed by atoms with Crippen molar-refractivity contribution in [2.45, 2.75) is 39.5 Å². The van der Waals surface area contributed by atoms with E-state index in [4.69, 9.17) is 9.15 Å². The molecule has 5 rings (SSSR count). The highest BCUT2D eigenvalue weighted by Crippen LogP contribution is 2.38. The van der Waals surface area contributed by atoms with Crippen LogP contribution in [0.4, 0.5) is 0 Å². The number of morpholine rings is 1. The number of nitrogens with one attached hydrogen (secondary N) is 1. The van der Waals surface area contributed by atoms with Gasteiger partial charge < -0.3 is 14.5 Å². The maximum atomic E-state index is 13.0. The Bertz CT molecular complexity index is 1280. The molecule has 1 N–H and O–H groups in total. The number of pyridine rings is 1. The summed E-state index contributed by atoms with van der Waals surface area (Å²) in [6, 6.07) is 12.2. The summed E-state index contributed by atoms with van der Waals surface area (Å²) in [7, 11) is 0. The molecule has 166 valence electrons. The van der Waals surface area contributed by atoms with E-state index in [1.165, 1.54) is 16.9 Å². The Morgan fingerprint density at radius 2 is 2.06 bits per heavy atom. The van der Waals surface area contributed by atoms with E-state index in [1.807, 2.05) is 44.2 Å². The Balaban J connectivity index is 1.45. The van der Waals surface area contributed by atoms with Gasteiger partial charge in [0.2, 0.25) is 0 Å². The van der Waals surface area contributed by atoms with Crippen molar-refractivity contribution in [2.24, 2.45) is 0 Å². The molecule has 3 aromatic heterocycles. The number of nitrogens with zero attached hydrogens (tertiary/aromatic N) is 2. The average Bonchev–Trinajstić information content (AvgIpc) is 3.32. The fourth-order valence-corrected chi connectivity index (χ4v) is 5.46. The van der Waals surface area contributed by atoms with Gasteiger partial charge in [0.15, 0.2) is 0 Å². The summed E-state index contributed by atoms with van der Waals surface area (Å²) in [6.45, 7) is 8.89. The normalized spacial score (nSPS) is 17.4. The summed E-state index contributed by atoms with van der Waals surface area (Å²) in [5.41, 5.74) is 3.06. The standard InChI is InChI=1S/C25H27N3O3S/c1-15(2)27-24(29)23-22(18-8-6-10-26-25(18)32-23)21-14-28(11-12-30-21)13-20-16(3)17-7-4-5-9-19(17)31-20/h4-10,15,21H,11-14H2,1-3H3,(H,27,29)/t21-/m1/s1. The molecule has 0 bridgehead atoms. The molecule has 0 saturated carbocycles. The highest BCUT2D eigenvalue weighted by Gasteiger charge is 2.31. The fourth-order valence-electron chi connectivity index (χ4n) is 4.37. The molecule has 4 aromatic rings. The molecule has 1 fully saturated rings. The minimum Gasteiger partial charge on any atom is -0.459 e. The molecule has 1 saturated heterocycles. The third-order valence-corrected chi connectivity index (χ3v) is 7.04. The number of ether oxygens (including phenoxy) is 1. The lowest BCUT2D eigenvalue weighted by Gasteiger charge is -2.33. The predicted octanol–water partition coefficient (Wildman–Crippen LogP) is 5.06. The molecule has 6 nitrogen and oxygen atoms in total. The summed E-state index contributed by atoms with van der Waals surface area (Å²) in [4.78, 5) is 21.4. The highest BCUT2D eigenvalue weighted by molar-refractivity contribution is 7.20. The number of furan rings is 1. The summed E-state index contributed by atoms with van der Waals surface area (Å²) in [5.74, 6) is 0.924. The molecule has 0 aliphatic carbocycles. The zero-order valence-electron chi connectivity index (χ0n) is 18.6. The second-order valence-electron chi connectivity index (χ2n) is 8.57. The molecule has 0 radical (unpaired) electrons. The summed E-state index contributed by atoms with van der Waals surface area (Å²) in [5, 5.41) is 5.19. The molecule has 4 heterocycles. The minimum atomic E-state index is -0.195. The number of carbonyl (C=O) groups is 1. The SMILES string of the molecule is Cc1c(CN2CCO[C@@H](c3c(C(=O)NC(C)C)sc4ncccc34)C2)oc2ccccc12. The van der Waals surface area contributed by atoms with Crippen LogP contribution >= 0.6 is 11.3 Å². The number of para-hydroxylation sites is 1. The van der Waals surface area contributed by atoms with Gasteiger partial charge in [0.25, 0.3) is 5.91 Å². The number of amides is 1. The van der Waals surface area contributed by atoms with Gasteiger partial charge in [0, 0.05) is 41.7 Å². The number of carbonyl (C=O) groups excluding carboxylic acids is 1. The lowest BCUT2D eigenvalue weighted by atomic mass is 10.0. The van der Waals surface area contributed by atoms with Gasteiger partial charge >= 0.3 is 0 Å². The van der Waals surface area contributed by atoms with E-state index >= 15 is 0 Å². The zero-order valence-corrected chi connectivity index (χ0v) is 19.4. The number of fused-ring (bicyclic) bond motifs is 2. The van der Waals surface area contributed by atoms with Crippen LogP contribution in [0.2, 0.25) is 0 Å². The molecule has 1 atom stereocenters. The molecular weight excluding hydrogens is 422 g/mol. The molecule has 32 heavy (non-hydrogen) atoms. The van der Waals surface area contributed by atoms with Crippen molar-refractivity contribution >= 4 is 38.4 Å². The Morgan fingerprint density at radius 1 is 1.25 bits per heavy atom. The molecular formula is C25H27N3O3S. The first-order valence-corrected chi connectivity index (χ1v) is 11.8.